The quantitative estimate of drug-likeness (QED) is 0.717. The van der Waals surface area contributed by atoms with Gasteiger partial charge in [-0.2, -0.15) is 0 Å². The van der Waals surface area contributed by atoms with Crippen LogP contribution in [0.15, 0.2) is 12.5 Å². The summed E-state index contributed by atoms with van der Waals surface area (Å²) in [6.45, 7) is 10.9. The summed E-state index contributed by atoms with van der Waals surface area (Å²) < 4.78 is 2.13. The average molecular weight is 244 g/mol. The molecule has 4 heteroatoms. The van der Waals surface area contributed by atoms with Crippen molar-refractivity contribution in [1.82, 2.24) is 14.5 Å². The molecule has 16 heavy (non-hydrogen) atoms. The van der Waals surface area contributed by atoms with Gasteiger partial charge in [0.25, 0.3) is 0 Å². The molecule has 0 amide bonds. The molecule has 0 N–H and O–H groups in total. The fourth-order valence-corrected chi connectivity index (χ4v) is 2.22. The van der Waals surface area contributed by atoms with Crippen LogP contribution in [0.1, 0.15) is 33.4 Å². The predicted octanol–water partition coefficient (Wildman–Crippen LogP) is 2.74. The molecular weight excluding hydrogens is 222 g/mol. The maximum absolute atomic E-state index is 5.84. The third-order valence-electron chi connectivity index (χ3n) is 2.86. The van der Waals surface area contributed by atoms with Gasteiger partial charge in [0.2, 0.25) is 0 Å². The zero-order valence-electron chi connectivity index (χ0n) is 10.7. The molecule has 0 saturated heterocycles. The smallest absolute Gasteiger partial charge is 0.0948 e. The lowest BCUT2D eigenvalue weighted by Crippen LogP contribution is -2.39. The fraction of sp³-hybridized carbons (Fsp3) is 0.750. The summed E-state index contributed by atoms with van der Waals surface area (Å²) in [7, 11) is 0. The minimum Gasteiger partial charge on any atom is -0.332 e. The van der Waals surface area contributed by atoms with Crippen molar-refractivity contribution < 1.29 is 0 Å². The molecule has 0 saturated carbocycles. The van der Waals surface area contributed by atoms with E-state index < -0.39 is 0 Å². The van der Waals surface area contributed by atoms with Crippen LogP contribution in [0.4, 0.5) is 0 Å². The Bertz CT molecular complexity index is 299. The number of rotatable bonds is 6. The van der Waals surface area contributed by atoms with E-state index in [9.17, 15) is 0 Å². The largest absolute Gasteiger partial charge is 0.332 e. The molecule has 0 aromatic carbocycles. The molecule has 0 atom stereocenters. The molecule has 0 spiro atoms. The molecule has 0 fully saturated rings. The molecule has 1 aromatic rings. The van der Waals surface area contributed by atoms with E-state index in [2.05, 4.69) is 42.1 Å². The van der Waals surface area contributed by atoms with Gasteiger partial charge in [-0.1, -0.05) is 0 Å². The maximum atomic E-state index is 5.84. The summed E-state index contributed by atoms with van der Waals surface area (Å²) in [6.07, 6.45) is 3.69. The first-order valence-electron chi connectivity index (χ1n) is 5.87. The molecule has 1 heterocycles. The maximum Gasteiger partial charge on any atom is 0.0948 e. The lowest BCUT2D eigenvalue weighted by Gasteiger charge is -2.30. The number of halogens is 1. The Morgan fingerprint density at radius 2 is 1.94 bits per heavy atom. The van der Waals surface area contributed by atoms with Gasteiger partial charge < -0.3 is 4.57 Å². The van der Waals surface area contributed by atoms with Crippen LogP contribution in [-0.2, 0) is 12.4 Å². The number of hydrogen-bond acceptors (Lipinski definition) is 2. The number of imidazole rings is 1. The van der Waals surface area contributed by atoms with Crippen molar-refractivity contribution in [3.8, 4) is 0 Å². The van der Waals surface area contributed by atoms with Crippen molar-refractivity contribution in [2.75, 3.05) is 6.54 Å². The summed E-state index contributed by atoms with van der Waals surface area (Å²) >= 11 is 5.84. The standard InChI is InChI=1S/C12H22ClN3/c1-10(2)16(11(3)4)6-5-15-9-14-8-12(15)7-13/h8-11H,5-7H2,1-4H3. The third-order valence-corrected chi connectivity index (χ3v) is 3.13. The van der Waals surface area contributed by atoms with E-state index in [0.29, 0.717) is 18.0 Å². The summed E-state index contributed by atoms with van der Waals surface area (Å²) in [5.41, 5.74) is 1.09. The van der Waals surface area contributed by atoms with Crippen LogP contribution in [-0.4, -0.2) is 33.1 Å². The van der Waals surface area contributed by atoms with Crippen molar-refractivity contribution in [2.45, 2.75) is 52.2 Å². The van der Waals surface area contributed by atoms with Crippen LogP contribution in [0.3, 0.4) is 0 Å². The highest BCUT2D eigenvalue weighted by Crippen LogP contribution is 2.07. The summed E-state index contributed by atoms with van der Waals surface area (Å²) in [5, 5.41) is 0. The molecule has 3 nitrogen and oxygen atoms in total. The average Bonchev–Trinajstić information content (AvgIpc) is 2.64. The van der Waals surface area contributed by atoms with Crippen LogP contribution < -0.4 is 0 Å². The first-order valence-corrected chi connectivity index (χ1v) is 6.40. The lowest BCUT2D eigenvalue weighted by atomic mass is 10.2. The van der Waals surface area contributed by atoms with Gasteiger partial charge in [0.15, 0.2) is 0 Å². The molecule has 0 aliphatic rings. The molecule has 1 aromatic heterocycles. The Morgan fingerprint density at radius 3 is 2.44 bits per heavy atom. The highest BCUT2D eigenvalue weighted by molar-refractivity contribution is 6.16. The first kappa shape index (κ1) is 13.5. The van der Waals surface area contributed by atoms with Crippen LogP contribution in [0.2, 0.25) is 0 Å². The monoisotopic (exact) mass is 243 g/mol. The normalized spacial score (nSPS) is 12.0. The molecule has 1 rings (SSSR count). The van der Waals surface area contributed by atoms with Crippen LogP contribution >= 0.6 is 11.6 Å². The second-order valence-electron chi connectivity index (χ2n) is 4.64. The van der Waals surface area contributed by atoms with Crippen molar-refractivity contribution in [1.29, 1.82) is 0 Å². The minimum absolute atomic E-state index is 0.531. The highest BCUT2D eigenvalue weighted by atomic mass is 35.5. The zero-order valence-corrected chi connectivity index (χ0v) is 11.4. The molecule has 0 bridgehead atoms. The van der Waals surface area contributed by atoms with Gasteiger partial charge in [0.1, 0.15) is 0 Å². The molecule has 0 aliphatic heterocycles. The van der Waals surface area contributed by atoms with Crippen LogP contribution in [0.5, 0.6) is 0 Å². The Balaban J connectivity index is 2.55. The predicted molar refractivity (Wildman–Crippen MR) is 68.8 cm³/mol. The van der Waals surface area contributed by atoms with Crippen LogP contribution in [0, 0.1) is 0 Å². The second kappa shape index (κ2) is 6.26. The van der Waals surface area contributed by atoms with Gasteiger partial charge in [-0.15, -0.1) is 11.6 Å². The topological polar surface area (TPSA) is 21.1 Å². The summed E-state index contributed by atoms with van der Waals surface area (Å²) in [4.78, 5) is 6.59. The number of hydrogen-bond donors (Lipinski definition) is 0. The second-order valence-corrected chi connectivity index (χ2v) is 4.90. The van der Waals surface area contributed by atoms with Gasteiger partial charge in [-0.05, 0) is 27.7 Å². The molecule has 92 valence electrons. The van der Waals surface area contributed by atoms with Crippen LogP contribution in [0.25, 0.3) is 0 Å². The molecule has 0 aliphatic carbocycles. The fourth-order valence-electron chi connectivity index (χ4n) is 2.00. The lowest BCUT2D eigenvalue weighted by molar-refractivity contribution is 0.168. The summed E-state index contributed by atoms with van der Waals surface area (Å²) in [6, 6.07) is 1.14. The minimum atomic E-state index is 0.531. The molecule has 0 radical (unpaired) electrons. The van der Waals surface area contributed by atoms with E-state index >= 15 is 0 Å². The Labute approximate surface area is 103 Å². The SMILES string of the molecule is CC(C)N(CCn1cncc1CCl)C(C)C. The highest BCUT2D eigenvalue weighted by Gasteiger charge is 2.13. The van der Waals surface area contributed by atoms with E-state index in [0.717, 1.165) is 18.8 Å². The number of alkyl halides is 1. The van der Waals surface area contributed by atoms with Gasteiger partial charge in [-0.3, -0.25) is 4.90 Å². The third kappa shape index (κ3) is 3.49. The summed E-state index contributed by atoms with van der Waals surface area (Å²) in [5.74, 6) is 0.531. The van der Waals surface area contributed by atoms with E-state index in [4.69, 9.17) is 11.6 Å². The van der Waals surface area contributed by atoms with Gasteiger partial charge in [-0.25, -0.2) is 4.98 Å². The Morgan fingerprint density at radius 1 is 1.31 bits per heavy atom. The van der Waals surface area contributed by atoms with Crippen molar-refractivity contribution in [3.63, 3.8) is 0 Å². The number of nitrogens with zero attached hydrogens (tertiary/aromatic N) is 3. The van der Waals surface area contributed by atoms with Gasteiger partial charge in [0.05, 0.1) is 17.9 Å². The van der Waals surface area contributed by atoms with E-state index in [1.807, 2.05) is 12.5 Å². The Hall–Kier alpha value is -0.540. The van der Waals surface area contributed by atoms with Gasteiger partial charge >= 0.3 is 0 Å². The zero-order chi connectivity index (χ0) is 12.1. The molecule has 0 unspecified atom stereocenters. The van der Waals surface area contributed by atoms with Crippen molar-refractivity contribution in [3.05, 3.63) is 18.2 Å². The van der Waals surface area contributed by atoms with Crippen molar-refractivity contribution >= 4 is 11.6 Å². The van der Waals surface area contributed by atoms with E-state index in [1.165, 1.54) is 0 Å². The van der Waals surface area contributed by atoms with Gasteiger partial charge in [0, 0.05) is 31.4 Å². The number of aromatic nitrogens is 2. The Kier molecular flexibility index (Phi) is 5.29. The molecular formula is C12H22ClN3. The van der Waals surface area contributed by atoms with Crippen molar-refractivity contribution in [2.24, 2.45) is 0 Å². The van der Waals surface area contributed by atoms with E-state index in [-0.39, 0.29) is 0 Å². The van der Waals surface area contributed by atoms with E-state index in [1.54, 1.807) is 0 Å². The first-order chi connectivity index (χ1) is 7.56.